The van der Waals surface area contributed by atoms with Gasteiger partial charge < -0.3 is 4.90 Å². The number of hydrogen-bond donors (Lipinski definition) is 0. The third kappa shape index (κ3) is 4.54. The van der Waals surface area contributed by atoms with E-state index in [0.29, 0.717) is 0 Å². The number of hydrogen-bond acceptors (Lipinski definition) is 1. The third-order valence-corrected chi connectivity index (χ3v) is 11.4. The highest BCUT2D eigenvalue weighted by molar-refractivity contribution is 6.08. The van der Waals surface area contributed by atoms with E-state index in [0.717, 1.165) is 0 Å². The van der Waals surface area contributed by atoms with Crippen LogP contribution in [-0.2, 0) is 5.41 Å². The predicted octanol–water partition coefficient (Wildman–Crippen LogP) is 13.5. The Bertz CT molecular complexity index is 2440. The normalized spacial score (nSPS) is 15.2. The predicted molar refractivity (Wildman–Crippen MR) is 213 cm³/mol. The Morgan fingerprint density at radius 1 is 0.440 bits per heavy atom. The van der Waals surface area contributed by atoms with Crippen molar-refractivity contribution in [3.05, 3.63) is 185 Å². The zero-order chi connectivity index (χ0) is 33.1. The summed E-state index contributed by atoms with van der Waals surface area (Å²) in [7, 11) is 0. The standard InChI is InChI=1S/C49H37N/c1-7-17-46-37(11-1)26-27-38-12-2-8-18-47(38)50(46)48-30-29-39(40-13-3-4-15-43(40)48)36-24-21-34(22-25-36)19-20-35-23-28-42-41-14-5-6-16-44(41)49(45(42)33-35)31-9-10-32-49/h1-8,11-30,33H,9-10,31-32H2/b20-19+. The third-order valence-electron chi connectivity index (χ3n) is 11.4. The fourth-order valence-corrected chi connectivity index (χ4v) is 9.02. The van der Waals surface area contributed by atoms with Crippen LogP contribution in [0.4, 0.5) is 17.1 Å². The zero-order valence-corrected chi connectivity index (χ0v) is 28.0. The Labute approximate surface area is 294 Å². The molecule has 7 aromatic rings. The van der Waals surface area contributed by atoms with Gasteiger partial charge in [-0.05, 0) is 92.1 Å². The summed E-state index contributed by atoms with van der Waals surface area (Å²) in [4.78, 5) is 2.43. The summed E-state index contributed by atoms with van der Waals surface area (Å²) >= 11 is 0. The second-order valence-corrected chi connectivity index (χ2v) is 14.1. The van der Waals surface area contributed by atoms with E-state index in [-0.39, 0.29) is 5.41 Å². The molecule has 1 saturated carbocycles. The van der Waals surface area contributed by atoms with Gasteiger partial charge in [0, 0.05) is 10.8 Å². The van der Waals surface area contributed by atoms with Gasteiger partial charge in [-0.1, -0.05) is 171 Å². The molecule has 0 saturated heterocycles. The van der Waals surface area contributed by atoms with Gasteiger partial charge in [0.05, 0.1) is 17.1 Å². The van der Waals surface area contributed by atoms with E-state index in [1.165, 1.54) is 104 Å². The lowest BCUT2D eigenvalue weighted by Crippen LogP contribution is -2.20. The zero-order valence-electron chi connectivity index (χ0n) is 28.0. The van der Waals surface area contributed by atoms with Crippen LogP contribution in [-0.4, -0.2) is 0 Å². The van der Waals surface area contributed by atoms with Crippen molar-refractivity contribution in [2.24, 2.45) is 0 Å². The minimum absolute atomic E-state index is 0.201. The van der Waals surface area contributed by atoms with Crippen LogP contribution in [0, 0.1) is 0 Å². The van der Waals surface area contributed by atoms with Crippen molar-refractivity contribution in [3.8, 4) is 22.3 Å². The number of rotatable bonds is 4. The van der Waals surface area contributed by atoms with Crippen LogP contribution in [0.15, 0.2) is 152 Å². The van der Waals surface area contributed by atoms with Crippen LogP contribution in [0.2, 0.25) is 0 Å². The van der Waals surface area contributed by atoms with Gasteiger partial charge in [0.2, 0.25) is 0 Å². The molecule has 238 valence electrons. The van der Waals surface area contributed by atoms with E-state index < -0.39 is 0 Å². The van der Waals surface area contributed by atoms with Crippen molar-refractivity contribution in [1.29, 1.82) is 0 Å². The Hall–Kier alpha value is -5.92. The van der Waals surface area contributed by atoms with E-state index in [1.54, 1.807) is 5.56 Å². The Kier molecular flexibility index (Phi) is 6.74. The summed E-state index contributed by atoms with van der Waals surface area (Å²) in [5.41, 5.74) is 17.1. The maximum absolute atomic E-state index is 2.47. The quantitative estimate of drug-likeness (QED) is 0.173. The van der Waals surface area contributed by atoms with Gasteiger partial charge in [0.25, 0.3) is 0 Å². The van der Waals surface area contributed by atoms with E-state index in [1.807, 2.05) is 0 Å². The van der Waals surface area contributed by atoms with Crippen LogP contribution < -0.4 is 4.90 Å². The lowest BCUT2D eigenvalue weighted by Gasteiger charge is -2.29. The minimum Gasteiger partial charge on any atom is -0.309 e. The molecule has 1 fully saturated rings. The summed E-state index contributed by atoms with van der Waals surface area (Å²) in [6, 6.07) is 56.1. The molecule has 1 heterocycles. The van der Waals surface area contributed by atoms with Crippen molar-refractivity contribution in [2.75, 3.05) is 4.90 Å². The molecule has 0 bridgehead atoms. The Morgan fingerprint density at radius 3 is 1.78 bits per heavy atom. The number of para-hydroxylation sites is 2. The lowest BCUT2D eigenvalue weighted by atomic mass is 9.76. The maximum Gasteiger partial charge on any atom is 0.0540 e. The van der Waals surface area contributed by atoms with Crippen LogP contribution in [0.5, 0.6) is 0 Å². The van der Waals surface area contributed by atoms with Gasteiger partial charge in [0.15, 0.2) is 0 Å². The highest BCUT2D eigenvalue weighted by Gasteiger charge is 2.44. The van der Waals surface area contributed by atoms with Crippen molar-refractivity contribution in [3.63, 3.8) is 0 Å². The highest BCUT2D eigenvalue weighted by Crippen LogP contribution is 2.57. The second-order valence-electron chi connectivity index (χ2n) is 14.1. The first-order chi connectivity index (χ1) is 24.8. The van der Waals surface area contributed by atoms with Crippen molar-refractivity contribution in [2.45, 2.75) is 31.1 Å². The molecule has 0 amide bonds. The summed E-state index contributed by atoms with van der Waals surface area (Å²) in [5.74, 6) is 0. The van der Waals surface area contributed by atoms with Gasteiger partial charge in [0.1, 0.15) is 0 Å². The second kappa shape index (κ2) is 11.6. The summed E-state index contributed by atoms with van der Waals surface area (Å²) in [6.07, 6.45) is 14.2. The molecule has 1 spiro atoms. The molecular formula is C49H37N. The molecular weight excluding hydrogens is 603 g/mol. The van der Waals surface area contributed by atoms with Crippen molar-refractivity contribution >= 4 is 52.1 Å². The average molecular weight is 640 g/mol. The molecule has 0 N–H and O–H groups in total. The van der Waals surface area contributed by atoms with Gasteiger partial charge in [-0.15, -0.1) is 0 Å². The molecule has 1 aliphatic heterocycles. The molecule has 10 rings (SSSR count). The summed E-state index contributed by atoms with van der Waals surface area (Å²) in [5, 5.41) is 2.49. The first-order valence-corrected chi connectivity index (χ1v) is 18.0. The monoisotopic (exact) mass is 639 g/mol. The first kappa shape index (κ1) is 29.0. The lowest BCUT2D eigenvalue weighted by molar-refractivity contribution is 0.550. The molecule has 0 unspecified atom stereocenters. The highest BCUT2D eigenvalue weighted by atomic mass is 15.1. The van der Waals surface area contributed by atoms with E-state index >= 15 is 0 Å². The largest absolute Gasteiger partial charge is 0.309 e. The van der Waals surface area contributed by atoms with Crippen LogP contribution >= 0.6 is 0 Å². The smallest absolute Gasteiger partial charge is 0.0540 e. The molecule has 3 aliphatic rings. The van der Waals surface area contributed by atoms with E-state index in [4.69, 9.17) is 0 Å². The summed E-state index contributed by atoms with van der Waals surface area (Å²) < 4.78 is 0. The Morgan fingerprint density at radius 2 is 1.02 bits per heavy atom. The van der Waals surface area contributed by atoms with Gasteiger partial charge in [-0.25, -0.2) is 0 Å². The average Bonchev–Trinajstić information content (AvgIpc) is 3.73. The maximum atomic E-state index is 2.47. The fraction of sp³-hybridized carbons (Fsp3) is 0.102. The van der Waals surface area contributed by atoms with Gasteiger partial charge in [-0.3, -0.25) is 0 Å². The van der Waals surface area contributed by atoms with E-state index in [9.17, 15) is 0 Å². The Balaban J connectivity index is 0.986. The molecule has 1 nitrogen and oxygen atoms in total. The van der Waals surface area contributed by atoms with Crippen molar-refractivity contribution in [1.82, 2.24) is 0 Å². The fourth-order valence-electron chi connectivity index (χ4n) is 9.02. The topological polar surface area (TPSA) is 3.24 Å². The first-order valence-electron chi connectivity index (χ1n) is 18.0. The summed E-state index contributed by atoms with van der Waals surface area (Å²) in [6.45, 7) is 0. The molecule has 0 radical (unpaired) electrons. The molecule has 0 atom stereocenters. The van der Waals surface area contributed by atoms with E-state index in [2.05, 4.69) is 181 Å². The number of anilines is 3. The molecule has 1 heteroatoms. The van der Waals surface area contributed by atoms with Crippen LogP contribution in [0.3, 0.4) is 0 Å². The number of benzene rings is 7. The number of fused-ring (bicyclic) bond motifs is 8. The molecule has 0 aromatic heterocycles. The molecule has 7 aromatic carbocycles. The molecule has 2 aliphatic carbocycles. The minimum atomic E-state index is 0.201. The molecule has 50 heavy (non-hydrogen) atoms. The SMILES string of the molecule is C1=Cc2ccccc2N(c2ccc(-c3ccc(/C=C/c4ccc5c(c4)C4(CCCC4)c4ccccc4-5)cc3)c3ccccc23)c2ccccc21. The van der Waals surface area contributed by atoms with Gasteiger partial charge >= 0.3 is 0 Å². The van der Waals surface area contributed by atoms with Crippen LogP contribution in [0.1, 0.15) is 59.1 Å². The number of nitrogens with zero attached hydrogens (tertiary/aromatic N) is 1. The van der Waals surface area contributed by atoms with Gasteiger partial charge in [-0.2, -0.15) is 0 Å². The van der Waals surface area contributed by atoms with Crippen molar-refractivity contribution < 1.29 is 0 Å². The van der Waals surface area contributed by atoms with Crippen LogP contribution in [0.25, 0.3) is 57.3 Å².